The predicted molar refractivity (Wildman–Crippen MR) is 69.2 cm³/mol. The van der Waals surface area contributed by atoms with Gasteiger partial charge in [-0.05, 0) is 20.3 Å². The van der Waals surface area contributed by atoms with Gasteiger partial charge in [0.05, 0.1) is 6.10 Å². The fourth-order valence-corrected chi connectivity index (χ4v) is 1.78. The molecule has 1 rings (SSSR count). The summed E-state index contributed by atoms with van der Waals surface area (Å²) in [6, 6.07) is 0. The zero-order valence-electron chi connectivity index (χ0n) is 11.2. The van der Waals surface area contributed by atoms with Gasteiger partial charge in [-0.1, -0.05) is 12.2 Å². The molecule has 0 fully saturated rings. The van der Waals surface area contributed by atoms with Crippen LogP contribution in [0.15, 0.2) is 24.3 Å². The van der Waals surface area contributed by atoms with Gasteiger partial charge in [0.25, 0.3) is 0 Å². The molecule has 3 atom stereocenters. The van der Waals surface area contributed by atoms with Crippen LogP contribution in [-0.4, -0.2) is 35.9 Å². The van der Waals surface area contributed by atoms with Crippen molar-refractivity contribution in [3.63, 3.8) is 0 Å². The van der Waals surface area contributed by atoms with Crippen molar-refractivity contribution < 1.29 is 24.2 Å². The highest BCUT2D eigenvalue weighted by Gasteiger charge is 2.15. The number of rotatable bonds is 1. The van der Waals surface area contributed by atoms with Gasteiger partial charge in [-0.3, -0.25) is 0 Å². The van der Waals surface area contributed by atoms with Crippen molar-refractivity contribution in [2.24, 2.45) is 5.92 Å². The van der Waals surface area contributed by atoms with Gasteiger partial charge in [0.15, 0.2) is 0 Å². The maximum atomic E-state index is 11.5. The summed E-state index contributed by atoms with van der Waals surface area (Å²) in [5.74, 6) is -1.11. The molecule has 0 bridgehead atoms. The van der Waals surface area contributed by atoms with Crippen LogP contribution in [0.4, 0.5) is 0 Å². The minimum atomic E-state index is -0.446. The third kappa shape index (κ3) is 6.20. The first-order valence-corrected chi connectivity index (χ1v) is 6.38. The summed E-state index contributed by atoms with van der Waals surface area (Å²) in [6.07, 6.45) is 6.12. The molecule has 1 heterocycles. The van der Waals surface area contributed by atoms with Crippen molar-refractivity contribution in [2.45, 2.75) is 38.9 Å². The Kier molecular flexibility index (Phi) is 6.29. The molecule has 0 saturated heterocycles. The van der Waals surface area contributed by atoms with Crippen LogP contribution < -0.4 is 0 Å². The van der Waals surface area contributed by atoms with Crippen LogP contribution in [0.25, 0.3) is 0 Å². The summed E-state index contributed by atoms with van der Waals surface area (Å²) in [4.78, 5) is 23.0. The zero-order chi connectivity index (χ0) is 14.3. The highest BCUT2D eigenvalue weighted by molar-refractivity contribution is 5.82. The molecular formula is C14H20O5. The molecule has 0 amide bonds. The van der Waals surface area contributed by atoms with Gasteiger partial charge in [-0.25, -0.2) is 9.59 Å². The van der Waals surface area contributed by atoms with Crippen LogP contribution >= 0.6 is 0 Å². The van der Waals surface area contributed by atoms with Gasteiger partial charge in [0.2, 0.25) is 0 Å². The van der Waals surface area contributed by atoms with Crippen LogP contribution in [0.2, 0.25) is 0 Å². The maximum absolute atomic E-state index is 11.5. The SMILES string of the molecule is C[C@@H]1C/C=C/C(=O)O[C@H](C)C[C@@H](CO)/C=C/C(=O)O1. The summed E-state index contributed by atoms with van der Waals surface area (Å²) >= 11 is 0. The van der Waals surface area contributed by atoms with Gasteiger partial charge in [-0.15, -0.1) is 0 Å². The molecule has 1 N–H and O–H groups in total. The highest BCUT2D eigenvalue weighted by Crippen LogP contribution is 2.12. The molecule has 106 valence electrons. The van der Waals surface area contributed by atoms with E-state index < -0.39 is 11.9 Å². The van der Waals surface area contributed by atoms with E-state index in [1.165, 1.54) is 12.2 Å². The molecule has 0 aliphatic carbocycles. The van der Waals surface area contributed by atoms with Gasteiger partial charge in [0, 0.05) is 31.1 Å². The Morgan fingerprint density at radius 3 is 2.47 bits per heavy atom. The molecule has 0 aromatic rings. The average Bonchev–Trinajstić information content (AvgIpc) is 2.33. The van der Waals surface area contributed by atoms with E-state index >= 15 is 0 Å². The predicted octanol–water partition coefficient (Wildman–Crippen LogP) is 1.36. The molecule has 1 aliphatic heterocycles. The summed E-state index contributed by atoms with van der Waals surface area (Å²) in [5, 5.41) is 9.22. The van der Waals surface area contributed by atoms with Gasteiger partial charge >= 0.3 is 11.9 Å². The Hall–Kier alpha value is -1.62. The summed E-state index contributed by atoms with van der Waals surface area (Å²) in [7, 11) is 0. The molecule has 0 aromatic carbocycles. The Morgan fingerprint density at radius 1 is 1.16 bits per heavy atom. The molecule has 0 unspecified atom stereocenters. The van der Waals surface area contributed by atoms with Crippen LogP contribution in [0.1, 0.15) is 26.7 Å². The summed E-state index contributed by atoms with van der Waals surface area (Å²) in [5.41, 5.74) is 0. The highest BCUT2D eigenvalue weighted by atomic mass is 16.5. The van der Waals surface area contributed by atoms with E-state index in [1.54, 1.807) is 26.0 Å². The lowest BCUT2D eigenvalue weighted by molar-refractivity contribution is -0.143. The first-order valence-electron chi connectivity index (χ1n) is 6.38. The van der Waals surface area contributed by atoms with E-state index in [9.17, 15) is 14.7 Å². The number of cyclic esters (lactones) is 2. The Labute approximate surface area is 112 Å². The standard InChI is InChI=1S/C14H20O5/c1-10-4-3-5-13(16)19-11(2)8-12(9-15)6-7-14(17)18-10/h3,5-7,10-12,15H,4,8-9H2,1-2H3/b5-3+,7-6+/t10-,11-,12+/m1/s1. The molecule has 1 aliphatic rings. The molecule has 19 heavy (non-hydrogen) atoms. The Morgan fingerprint density at radius 2 is 1.79 bits per heavy atom. The first-order chi connectivity index (χ1) is 9.01. The van der Waals surface area contributed by atoms with Crippen molar-refractivity contribution in [1.29, 1.82) is 0 Å². The first kappa shape index (κ1) is 15.4. The van der Waals surface area contributed by atoms with Crippen LogP contribution in [0, 0.1) is 5.92 Å². The molecule has 5 heteroatoms. The fraction of sp³-hybridized carbons (Fsp3) is 0.571. The minimum absolute atomic E-state index is 0.114. The molecule has 0 spiro atoms. The normalized spacial score (nSPS) is 33.1. The maximum Gasteiger partial charge on any atom is 0.330 e. The van der Waals surface area contributed by atoms with E-state index in [4.69, 9.17) is 9.47 Å². The van der Waals surface area contributed by atoms with Crippen LogP contribution in [0.3, 0.4) is 0 Å². The van der Waals surface area contributed by atoms with E-state index in [1.807, 2.05) is 0 Å². The number of esters is 2. The Bertz CT molecular complexity index is 372. The van der Waals surface area contributed by atoms with E-state index in [0.717, 1.165) is 0 Å². The zero-order valence-corrected chi connectivity index (χ0v) is 11.2. The number of aliphatic hydroxyl groups is 1. The molecular weight excluding hydrogens is 248 g/mol. The smallest absolute Gasteiger partial charge is 0.330 e. The number of carbonyl (C=O) groups excluding carboxylic acids is 2. The second-order valence-corrected chi connectivity index (χ2v) is 4.67. The minimum Gasteiger partial charge on any atom is -0.459 e. The van der Waals surface area contributed by atoms with Crippen molar-refractivity contribution in [2.75, 3.05) is 6.61 Å². The molecule has 5 nitrogen and oxygen atoms in total. The lowest BCUT2D eigenvalue weighted by Gasteiger charge is -2.16. The topological polar surface area (TPSA) is 72.8 Å². The molecule has 0 radical (unpaired) electrons. The third-order valence-electron chi connectivity index (χ3n) is 2.73. The quantitative estimate of drug-likeness (QED) is 0.727. The van der Waals surface area contributed by atoms with Gasteiger partial charge in [0.1, 0.15) is 6.10 Å². The average molecular weight is 268 g/mol. The van der Waals surface area contributed by atoms with E-state index in [0.29, 0.717) is 12.8 Å². The molecule has 0 saturated carbocycles. The van der Waals surface area contributed by atoms with Crippen LogP contribution in [0.5, 0.6) is 0 Å². The van der Waals surface area contributed by atoms with Crippen molar-refractivity contribution in [3.8, 4) is 0 Å². The third-order valence-corrected chi connectivity index (χ3v) is 2.73. The van der Waals surface area contributed by atoms with E-state index in [-0.39, 0.29) is 24.7 Å². The van der Waals surface area contributed by atoms with Crippen molar-refractivity contribution in [3.05, 3.63) is 24.3 Å². The largest absolute Gasteiger partial charge is 0.459 e. The van der Waals surface area contributed by atoms with E-state index in [2.05, 4.69) is 0 Å². The lowest BCUT2D eigenvalue weighted by atomic mass is 10.0. The second kappa shape index (κ2) is 7.74. The number of hydrogen-bond acceptors (Lipinski definition) is 5. The number of aliphatic hydroxyl groups excluding tert-OH is 1. The number of carbonyl (C=O) groups is 2. The summed E-state index contributed by atoms with van der Waals surface area (Å²) < 4.78 is 10.3. The molecule has 0 aromatic heterocycles. The fourth-order valence-electron chi connectivity index (χ4n) is 1.78. The van der Waals surface area contributed by atoms with Gasteiger partial charge < -0.3 is 14.6 Å². The van der Waals surface area contributed by atoms with Gasteiger partial charge in [-0.2, -0.15) is 0 Å². The Balaban J connectivity index is 2.79. The monoisotopic (exact) mass is 268 g/mol. The number of hydrogen-bond donors (Lipinski definition) is 1. The van der Waals surface area contributed by atoms with Crippen molar-refractivity contribution >= 4 is 11.9 Å². The lowest BCUT2D eigenvalue weighted by Crippen LogP contribution is -2.18. The van der Waals surface area contributed by atoms with Crippen molar-refractivity contribution in [1.82, 2.24) is 0 Å². The van der Waals surface area contributed by atoms with Crippen LogP contribution in [-0.2, 0) is 19.1 Å². The number of ether oxygens (including phenoxy) is 2. The second-order valence-electron chi connectivity index (χ2n) is 4.67. The summed E-state index contributed by atoms with van der Waals surface area (Å²) in [6.45, 7) is 3.38.